The number of hydrogen-bond donors (Lipinski definition) is 0. The number of hydrogen-bond acceptors (Lipinski definition) is 7. The first-order valence-corrected chi connectivity index (χ1v) is 13.6. The number of anilines is 1. The van der Waals surface area contributed by atoms with Crippen LogP contribution in [0.2, 0.25) is 0 Å². The van der Waals surface area contributed by atoms with Gasteiger partial charge >= 0.3 is 5.97 Å². The summed E-state index contributed by atoms with van der Waals surface area (Å²) in [5.41, 5.74) is 2.36. The van der Waals surface area contributed by atoms with Crippen LogP contribution in [-0.2, 0) is 20.9 Å². The standard InChI is InChI=1S/C28H24Br2N2O6S/c1-35-21-10-8-20(9-11-21)32-27(34)23(31(28(32)39)15-26(33)37-3)12-18-13-24(36-2)25(14-22(18)30)38-16-17-4-6-19(29)7-5-17/h4-14H,15-16H2,1-3H3/b23-12-. The number of methoxy groups -OCH3 is 3. The Morgan fingerprint density at radius 3 is 2.26 bits per heavy atom. The largest absolute Gasteiger partial charge is 0.497 e. The molecule has 0 N–H and O–H groups in total. The van der Waals surface area contributed by atoms with Crippen molar-refractivity contribution in [2.75, 3.05) is 32.8 Å². The fraction of sp³-hybridized carbons (Fsp3) is 0.179. The zero-order valence-electron chi connectivity index (χ0n) is 21.3. The number of ether oxygens (including phenoxy) is 4. The van der Waals surface area contributed by atoms with Crippen LogP contribution >= 0.6 is 44.1 Å². The minimum Gasteiger partial charge on any atom is -0.497 e. The third kappa shape index (κ3) is 6.43. The van der Waals surface area contributed by atoms with E-state index in [0.29, 0.717) is 39.6 Å². The van der Waals surface area contributed by atoms with Crippen LogP contribution in [0.5, 0.6) is 17.2 Å². The minimum atomic E-state index is -0.541. The SMILES string of the molecule is COC(=O)CN1C(=S)N(c2ccc(OC)cc2)C(=O)/C1=C/c1cc(OC)c(OCc2ccc(Br)cc2)cc1Br. The number of esters is 1. The average Bonchev–Trinajstić information content (AvgIpc) is 3.17. The molecule has 11 heteroatoms. The Balaban J connectivity index is 1.68. The van der Waals surface area contributed by atoms with Gasteiger partial charge in [-0.25, -0.2) is 0 Å². The molecule has 0 atom stereocenters. The molecule has 1 aliphatic heterocycles. The van der Waals surface area contributed by atoms with Crippen molar-refractivity contribution in [2.45, 2.75) is 6.61 Å². The van der Waals surface area contributed by atoms with Gasteiger partial charge in [-0.2, -0.15) is 0 Å². The quantitative estimate of drug-likeness (QED) is 0.156. The lowest BCUT2D eigenvalue weighted by atomic mass is 10.1. The molecule has 1 aliphatic rings. The molecule has 0 bridgehead atoms. The molecular weight excluding hydrogens is 652 g/mol. The van der Waals surface area contributed by atoms with Gasteiger partial charge in [-0.1, -0.05) is 44.0 Å². The number of rotatable bonds is 9. The average molecular weight is 676 g/mol. The second kappa shape index (κ2) is 12.6. The van der Waals surface area contributed by atoms with Crippen molar-refractivity contribution in [3.05, 3.63) is 86.4 Å². The predicted octanol–water partition coefficient (Wildman–Crippen LogP) is 5.96. The van der Waals surface area contributed by atoms with E-state index in [4.69, 9.17) is 31.2 Å². The monoisotopic (exact) mass is 674 g/mol. The molecule has 0 aliphatic carbocycles. The van der Waals surface area contributed by atoms with Gasteiger partial charge in [-0.15, -0.1) is 0 Å². The van der Waals surface area contributed by atoms with Crippen molar-refractivity contribution >= 4 is 72.8 Å². The van der Waals surface area contributed by atoms with Gasteiger partial charge in [0, 0.05) is 8.95 Å². The zero-order chi connectivity index (χ0) is 28.1. The lowest BCUT2D eigenvalue weighted by Crippen LogP contribution is -2.35. The highest BCUT2D eigenvalue weighted by Gasteiger charge is 2.40. The summed E-state index contributed by atoms with van der Waals surface area (Å²) in [6.45, 7) is 0.107. The highest BCUT2D eigenvalue weighted by atomic mass is 79.9. The summed E-state index contributed by atoms with van der Waals surface area (Å²) in [7, 11) is 4.38. The lowest BCUT2D eigenvalue weighted by molar-refractivity contribution is -0.140. The molecular formula is C28H24Br2N2O6S. The lowest BCUT2D eigenvalue weighted by Gasteiger charge is -2.19. The molecule has 3 aromatic rings. The Kier molecular flexibility index (Phi) is 9.26. The van der Waals surface area contributed by atoms with Crippen molar-refractivity contribution in [2.24, 2.45) is 0 Å². The van der Waals surface area contributed by atoms with Crippen LogP contribution in [0.1, 0.15) is 11.1 Å². The molecule has 3 aromatic carbocycles. The van der Waals surface area contributed by atoms with E-state index >= 15 is 0 Å². The van der Waals surface area contributed by atoms with Crippen molar-refractivity contribution in [1.82, 2.24) is 4.90 Å². The first-order chi connectivity index (χ1) is 18.7. The molecule has 1 saturated heterocycles. The van der Waals surface area contributed by atoms with E-state index < -0.39 is 11.9 Å². The van der Waals surface area contributed by atoms with E-state index in [0.717, 1.165) is 10.0 Å². The Morgan fingerprint density at radius 1 is 0.949 bits per heavy atom. The van der Waals surface area contributed by atoms with E-state index in [2.05, 4.69) is 31.9 Å². The fourth-order valence-electron chi connectivity index (χ4n) is 3.81. The van der Waals surface area contributed by atoms with Gasteiger partial charge in [0.1, 0.15) is 24.6 Å². The molecule has 0 spiro atoms. The van der Waals surface area contributed by atoms with Crippen molar-refractivity contribution in [1.29, 1.82) is 0 Å². The molecule has 202 valence electrons. The number of nitrogens with zero attached hydrogens (tertiary/aromatic N) is 2. The van der Waals surface area contributed by atoms with Crippen molar-refractivity contribution in [3.8, 4) is 17.2 Å². The van der Waals surface area contributed by atoms with Gasteiger partial charge in [-0.3, -0.25) is 14.5 Å². The second-order valence-corrected chi connectivity index (χ2v) is 10.4. The van der Waals surface area contributed by atoms with Crippen LogP contribution in [-0.4, -0.2) is 49.8 Å². The van der Waals surface area contributed by atoms with Gasteiger partial charge < -0.3 is 23.8 Å². The molecule has 0 saturated carbocycles. The number of carbonyl (C=O) groups excluding carboxylic acids is 2. The van der Waals surface area contributed by atoms with Crippen molar-refractivity contribution < 1.29 is 28.5 Å². The first kappa shape index (κ1) is 28.6. The maximum absolute atomic E-state index is 13.6. The molecule has 0 unspecified atom stereocenters. The Labute approximate surface area is 248 Å². The summed E-state index contributed by atoms with van der Waals surface area (Å²) in [5, 5.41) is 0.152. The highest BCUT2D eigenvalue weighted by Crippen LogP contribution is 2.37. The maximum atomic E-state index is 13.6. The third-order valence-electron chi connectivity index (χ3n) is 5.86. The molecule has 0 aromatic heterocycles. The van der Waals surface area contributed by atoms with Crippen LogP contribution in [0.3, 0.4) is 0 Å². The smallest absolute Gasteiger partial charge is 0.325 e. The van der Waals surface area contributed by atoms with Gasteiger partial charge in [0.05, 0.1) is 27.0 Å². The summed E-state index contributed by atoms with van der Waals surface area (Å²) in [6.07, 6.45) is 1.65. The van der Waals surface area contributed by atoms with Crippen molar-refractivity contribution in [3.63, 3.8) is 0 Å². The summed E-state index contributed by atoms with van der Waals surface area (Å²) in [6, 6.07) is 18.2. The second-order valence-electron chi connectivity index (χ2n) is 8.25. The van der Waals surface area contributed by atoms with E-state index in [-0.39, 0.29) is 17.4 Å². The molecule has 8 nitrogen and oxygen atoms in total. The van der Waals surface area contributed by atoms with Crippen LogP contribution in [0.4, 0.5) is 5.69 Å². The summed E-state index contributed by atoms with van der Waals surface area (Å²) in [4.78, 5) is 28.7. The summed E-state index contributed by atoms with van der Waals surface area (Å²) in [5.74, 6) is 0.698. The number of carbonyl (C=O) groups is 2. The van der Waals surface area contributed by atoms with Crippen LogP contribution in [0, 0.1) is 0 Å². The predicted molar refractivity (Wildman–Crippen MR) is 159 cm³/mol. The topological polar surface area (TPSA) is 77.5 Å². The molecule has 1 amide bonds. The number of amides is 1. The van der Waals surface area contributed by atoms with Crippen LogP contribution < -0.4 is 19.1 Å². The molecule has 4 rings (SSSR count). The third-order valence-corrected chi connectivity index (χ3v) is 7.48. The number of benzene rings is 3. The molecule has 39 heavy (non-hydrogen) atoms. The molecule has 1 heterocycles. The van der Waals surface area contributed by atoms with E-state index in [1.165, 1.54) is 24.0 Å². The van der Waals surface area contributed by atoms with Gasteiger partial charge in [0.15, 0.2) is 16.6 Å². The van der Waals surface area contributed by atoms with E-state index in [1.807, 2.05) is 24.3 Å². The number of halogens is 2. The van der Waals surface area contributed by atoms with Crippen LogP contribution in [0.25, 0.3) is 6.08 Å². The highest BCUT2D eigenvalue weighted by molar-refractivity contribution is 9.10. The fourth-order valence-corrected chi connectivity index (χ4v) is 4.86. The Morgan fingerprint density at radius 2 is 1.64 bits per heavy atom. The van der Waals surface area contributed by atoms with Gasteiger partial charge in [-0.05, 0) is 78.0 Å². The Bertz CT molecular complexity index is 1430. The molecule has 0 radical (unpaired) electrons. The zero-order valence-corrected chi connectivity index (χ0v) is 25.3. The number of thiocarbonyl (C=S) groups is 1. The maximum Gasteiger partial charge on any atom is 0.325 e. The van der Waals surface area contributed by atoms with Gasteiger partial charge in [0.2, 0.25) is 0 Å². The van der Waals surface area contributed by atoms with Crippen LogP contribution in [0.15, 0.2) is 75.3 Å². The van der Waals surface area contributed by atoms with Gasteiger partial charge in [0.25, 0.3) is 5.91 Å². The first-order valence-electron chi connectivity index (χ1n) is 11.6. The Hall–Kier alpha value is -3.41. The molecule has 1 fully saturated rings. The van der Waals surface area contributed by atoms with E-state index in [1.54, 1.807) is 49.6 Å². The summed E-state index contributed by atoms with van der Waals surface area (Å²) < 4.78 is 23.3. The normalized spacial score (nSPS) is 14.1. The van der Waals surface area contributed by atoms with E-state index in [9.17, 15) is 9.59 Å². The summed E-state index contributed by atoms with van der Waals surface area (Å²) >= 11 is 12.6. The minimum absolute atomic E-state index is 0.152.